The van der Waals surface area contributed by atoms with Gasteiger partial charge in [0.05, 0.1) is 24.3 Å². The number of hydrogen-bond acceptors (Lipinski definition) is 4. The molecule has 1 fully saturated rings. The Morgan fingerprint density at radius 2 is 1.96 bits per heavy atom. The number of nitrogens with zero attached hydrogens (tertiary/aromatic N) is 2. The lowest BCUT2D eigenvalue weighted by Crippen LogP contribution is -2.39. The number of ether oxygens (including phenoxy) is 1. The highest BCUT2D eigenvalue weighted by Gasteiger charge is 2.21. The van der Waals surface area contributed by atoms with Crippen molar-refractivity contribution in [3.8, 4) is 6.07 Å². The molecule has 1 N–H and O–H groups in total. The van der Waals surface area contributed by atoms with Crippen LogP contribution in [0, 0.1) is 11.3 Å². The van der Waals surface area contributed by atoms with Crippen molar-refractivity contribution in [3.63, 3.8) is 0 Å². The minimum absolute atomic E-state index is 0.0985. The molecule has 2 aromatic rings. The van der Waals surface area contributed by atoms with E-state index in [9.17, 15) is 4.79 Å². The van der Waals surface area contributed by atoms with Crippen LogP contribution in [0.4, 0.5) is 0 Å². The molecule has 0 aromatic heterocycles. The summed E-state index contributed by atoms with van der Waals surface area (Å²) >= 11 is 0. The minimum atomic E-state index is -0.0985. The zero-order valence-corrected chi connectivity index (χ0v) is 14.7. The van der Waals surface area contributed by atoms with Crippen molar-refractivity contribution in [1.29, 1.82) is 5.26 Å². The molecule has 5 nitrogen and oxygen atoms in total. The molecule has 1 aliphatic rings. The van der Waals surface area contributed by atoms with Gasteiger partial charge in [0.15, 0.2) is 0 Å². The number of carbonyl (C=O) groups excluding carboxylic acids is 1. The maximum atomic E-state index is 12.1. The first-order valence-electron chi connectivity index (χ1n) is 8.93. The van der Waals surface area contributed by atoms with Crippen LogP contribution in [0.25, 0.3) is 0 Å². The van der Waals surface area contributed by atoms with Crippen molar-refractivity contribution in [1.82, 2.24) is 10.2 Å². The van der Waals surface area contributed by atoms with Crippen LogP contribution in [0.1, 0.15) is 34.0 Å². The maximum Gasteiger partial charge on any atom is 0.251 e. The fourth-order valence-corrected chi connectivity index (χ4v) is 3.08. The van der Waals surface area contributed by atoms with Crippen molar-refractivity contribution in [2.45, 2.75) is 12.5 Å². The van der Waals surface area contributed by atoms with Gasteiger partial charge in [0.2, 0.25) is 0 Å². The molecular formula is C21H23N3O2. The highest BCUT2D eigenvalue weighted by Crippen LogP contribution is 2.21. The number of amides is 1. The van der Waals surface area contributed by atoms with Crippen molar-refractivity contribution < 1.29 is 9.53 Å². The van der Waals surface area contributed by atoms with E-state index in [1.165, 1.54) is 5.56 Å². The van der Waals surface area contributed by atoms with Crippen molar-refractivity contribution in [3.05, 3.63) is 71.3 Å². The van der Waals surface area contributed by atoms with Gasteiger partial charge in [-0.15, -0.1) is 0 Å². The lowest BCUT2D eigenvalue weighted by atomic mass is 10.1. The van der Waals surface area contributed by atoms with E-state index in [-0.39, 0.29) is 12.0 Å². The number of rotatable bonds is 6. The highest BCUT2D eigenvalue weighted by atomic mass is 16.5. The van der Waals surface area contributed by atoms with Gasteiger partial charge in [0, 0.05) is 31.7 Å². The quantitative estimate of drug-likeness (QED) is 0.815. The lowest BCUT2D eigenvalue weighted by molar-refractivity contribution is -0.0301. The van der Waals surface area contributed by atoms with Gasteiger partial charge in [-0.1, -0.05) is 30.3 Å². The van der Waals surface area contributed by atoms with Crippen LogP contribution in [-0.2, 0) is 4.74 Å². The molecule has 1 heterocycles. The first-order chi connectivity index (χ1) is 12.8. The van der Waals surface area contributed by atoms with Gasteiger partial charge in [0.25, 0.3) is 5.91 Å². The summed E-state index contributed by atoms with van der Waals surface area (Å²) in [5.74, 6) is -0.0985. The van der Waals surface area contributed by atoms with Gasteiger partial charge >= 0.3 is 0 Å². The second-order valence-electron chi connectivity index (χ2n) is 6.37. The van der Waals surface area contributed by atoms with Crippen LogP contribution in [0.3, 0.4) is 0 Å². The van der Waals surface area contributed by atoms with Crippen LogP contribution in [0.5, 0.6) is 0 Å². The average Bonchev–Trinajstić information content (AvgIpc) is 2.72. The number of carbonyl (C=O) groups is 1. The number of nitrogens with one attached hydrogen (secondary N) is 1. The largest absolute Gasteiger partial charge is 0.371 e. The molecule has 1 amide bonds. The Bertz CT molecular complexity index is 753. The predicted molar refractivity (Wildman–Crippen MR) is 99.7 cm³/mol. The first-order valence-corrected chi connectivity index (χ1v) is 8.93. The summed E-state index contributed by atoms with van der Waals surface area (Å²) in [5.41, 5.74) is 2.35. The van der Waals surface area contributed by atoms with Gasteiger partial charge < -0.3 is 10.1 Å². The van der Waals surface area contributed by atoms with E-state index in [0.717, 1.165) is 32.7 Å². The summed E-state index contributed by atoms with van der Waals surface area (Å²) in [4.78, 5) is 14.5. The fourth-order valence-electron chi connectivity index (χ4n) is 3.08. The van der Waals surface area contributed by atoms with Crippen LogP contribution >= 0.6 is 0 Å². The summed E-state index contributed by atoms with van der Waals surface area (Å²) in [6.07, 6.45) is 1.02. The number of nitriles is 1. The van der Waals surface area contributed by atoms with Crippen molar-refractivity contribution in [2.75, 3.05) is 32.8 Å². The monoisotopic (exact) mass is 349 g/mol. The van der Waals surface area contributed by atoms with E-state index >= 15 is 0 Å². The molecule has 26 heavy (non-hydrogen) atoms. The number of benzene rings is 2. The summed E-state index contributed by atoms with van der Waals surface area (Å²) in [7, 11) is 0. The molecule has 0 saturated carbocycles. The molecule has 2 aromatic carbocycles. The Balaban J connectivity index is 1.40. The molecular weight excluding hydrogens is 326 g/mol. The highest BCUT2D eigenvalue weighted by molar-refractivity contribution is 5.94. The van der Waals surface area contributed by atoms with Gasteiger partial charge in [0.1, 0.15) is 0 Å². The molecule has 1 atom stereocenters. The van der Waals surface area contributed by atoms with E-state index in [1.807, 2.05) is 24.3 Å². The second kappa shape index (κ2) is 9.14. The van der Waals surface area contributed by atoms with Crippen molar-refractivity contribution >= 4 is 5.91 Å². The van der Waals surface area contributed by atoms with E-state index in [2.05, 4.69) is 22.3 Å². The van der Waals surface area contributed by atoms with Gasteiger partial charge in [-0.2, -0.15) is 5.26 Å². The zero-order chi connectivity index (χ0) is 18.2. The standard InChI is InChI=1S/C21H23N3O2/c22-15-17-7-9-19(10-8-17)21(25)23-11-4-12-24-13-14-26-20(16-24)18-5-2-1-3-6-18/h1-3,5-10,20H,4,11-14,16H2,(H,23,25)/t20-/m0/s1. The van der Waals surface area contributed by atoms with Crippen LogP contribution in [0.2, 0.25) is 0 Å². The van der Waals surface area contributed by atoms with Crippen LogP contribution in [-0.4, -0.2) is 43.6 Å². The van der Waals surface area contributed by atoms with Crippen molar-refractivity contribution in [2.24, 2.45) is 0 Å². The topological polar surface area (TPSA) is 65.4 Å². The molecule has 3 rings (SSSR count). The summed E-state index contributed by atoms with van der Waals surface area (Å²) in [5, 5.41) is 11.7. The van der Waals surface area contributed by atoms with Gasteiger partial charge in [-0.3, -0.25) is 9.69 Å². The Hall–Kier alpha value is -2.68. The number of hydrogen-bond donors (Lipinski definition) is 1. The molecule has 0 aliphatic carbocycles. The molecule has 0 bridgehead atoms. The Morgan fingerprint density at radius 3 is 2.69 bits per heavy atom. The smallest absolute Gasteiger partial charge is 0.251 e. The molecule has 0 unspecified atom stereocenters. The molecule has 0 spiro atoms. The normalized spacial score (nSPS) is 17.4. The molecule has 1 aliphatic heterocycles. The van der Waals surface area contributed by atoms with E-state index in [4.69, 9.17) is 10.00 Å². The molecule has 0 radical (unpaired) electrons. The second-order valence-corrected chi connectivity index (χ2v) is 6.37. The Morgan fingerprint density at radius 1 is 1.19 bits per heavy atom. The predicted octanol–water partition coefficient (Wildman–Crippen LogP) is 2.75. The van der Waals surface area contributed by atoms with Crippen LogP contribution in [0.15, 0.2) is 54.6 Å². The molecule has 5 heteroatoms. The SMILES string of the molecule is N#Cc1ccc(C(=O)NCCCN2CCO[C@H](c3ccccc3)C2)cc1. The maximum absolute atomic E-state index is 12.1. The lowest BCUT2D eigenvalue weighted by Gasteiger charge is -2.33. The fraction of sp³-hybridized carbons (Fsp3) is 0.333. The Kier molecular flexibility index (Phi) is 6.37. The third-order valence-corrected chi connectivity index (χ3v) is 4.53. The molecule has 134 valence electrons. The van der Waals surface area contributed by atoms with E-state index in [1.54, 1.807) is 24.3 Å². The number of morpholine rings is 1. The Labute approximate surface area is 154 Å². The minimum Gasteiger partial charge on any atom is -0.371 e. The average molecular weight is 349 g/mol. The zero-order valence-electron chi connectivity index (χ0n) is 14.7. The van der Waals surface area contributed by atoms with Crippen LogP contribution < -0.4 is 5.32 Å². The summed E-state index contributed by atoms with van der Waals surface area (Å²) in [6, 6.07) is 19.0. The summed E-state index contributed by atoms with van der Waals surface area (Å²) in [6.45, 7) is 4.10. The third-order valence-electron chi connectivity index (χ3n) is 4.53. The van der Waals surface area contributed by atoms with Gasteiger partial charge in [-0.05, 0) is 36.2 Å². The first kappa shape index (κ1) is 18.1. The van der Waals surface area contributed by atoms with Gasteiger partial charge in [-0.25, -0.2) is 0 Å². The third kappa shape index (κ3) is 4.92. The summed E-state index contributed by atoms with van der Waals surface area (Å²) < 4.78 is 5.88. The van der Waals surface area contributed by atoms with E-state index in [0.29, 0.717) is 17.7 Å². The molecule has 1 saturated heterocycles. The van der Waals surface area contributed by atoms with E-state index < -0.39 is 0 Å².